The smallest absolute Gasteiger partial charge is 0.267 e. The van der Waals surface area contributed by atoms with Crippen molar-refractivity contribution in [3.05, 3.63) is 54.6 Å². The number of nitrogens with zero attached hydrogens (tertiary/aromatic N) is 3. The molecule has 3 aromatic rings. The van der Waals surface area contributed by atoms with E-state index in [1.165, 1.54) is 4.31 Å². The van der Waals surface area contributed by atoms with Gasteiger partial charge in [-0.25, -0.2) is 22.7 Å². The maximum atomic E-state index is 12.8. The molecule has 0 atom stereocenters. The van der Waals surface area contributed by atoms with Gasteiger partial charge in [0.2, 0.25) is 0 Å². The van der Waals surface area contributed by atoms with Crippen LogP contribution in [0.3, 0.4) is 0 Å². The van der Waals surface area contributed by atoms with E-state index in [2.05, 4.69) is 15.3 Å². The molecule has 0 saturated carbocycles. The number of anilines is 2. The molecule has 2 heterocycles. The maximum Gasteiger partial charge on any atom is 0.267 e. The molecular formula is C15H12N4O2S. The van der Waals surface area contributed by atoms with Crippen LogP contribution in [0.5, 0.6) is 0 Å². The highest BCUT2D eigenvalue weighted by Gasteiger charge is 2.33. The van der Waals surface area contributed by atoms with Gasteiger partial charge in [0.15, 0.2) is 11.6 Å². The summed E-state index contributed by atoms with van der Waals surface area (Å²) in [4.78, 5) is 9.12. The molecule has 7 heteroatoms. The summed E-state index contributed by atoms with van der Waals surface area (Å²) in [6, 6.07) is 15.7. The summed E-state index contributed by atoms with van der Waals surface area (Å²) in [6.07, 6.45) is 0. The van der Waals surface area contributed by atoms with Crippen LogP contribution in [0.15, 0.2) is 59.5 Å². The molecule has 0 saturated heterocycles. The van der Waals surface area contributed by atoms with E-state index in [1.54, 1.807) is 30.3 Å². The standard InChI is InChI=1S/C15H12N4O2S/c20-22(21,11-6-2-1-3-7-11)19-10-16-14-15(19)18-13-9-5-4-8-12(13)17-14/h1-9H,10H2,(H,16,17). The Balaban J connectivity index is 1.87. The van der Waals surface area contributed by atoms with Crippen molar-refractivity contribution >= 4 is 32.7 Å². The molecule has 1 aromatic heterocycles. The third kappa shape index (κ3) is 1.90. The van der Waals surface area contributed by atoms with Gasteiger partial charge in [-0.1, -0.05) is 30.3 Å². The maximum absolute atomic E-state index is 12.8. The summed E-state index contributed by atoms with van der Waals surface area (Å²) in [5.74, 6) is 0.820. The van der Waals surface area contributed by atoms with Crippen LogP contribution in [0.1, 0.15) is 0 Å². The Morgan fingerprint density at radius 1 is 0.909 bits per heavy atom. The molecule has 1 aliphatic rings. The highest BCUT2D eigenvalue weighted by molar-refractivity contribution is 7.92. The molecule has 0 aliphatic carbocycles. The number of sulfonamides is 1. The molecular weight excluding hydrogens is 300 g/mol. The summed E-state index contributed by atoms with van der Waals surface area (Å²) < 4.78 is 26.7. The largest absolute Gasteiger partial charge is 0.348 e. The minimum absolute atomic E-state index is 0.128. The molecule has 1 N–H and O–H groups in total. The molecule has 110 valence electrons. The Hall–Kier alpha value is -2.67. The topological polar surface area (TPSA) is 75.2 Å². The molecule has 0 amide bonds. The zero-order valence-electron chi connectivity index (χ0n) is 11.5. The predicted molar refractivity (Wildman–Crippen MR) is 84.1 cm³/mol. The number of rotatable bonds is 2. The van der Waals surface area contributed by atoms with Crippen LogP contribution in [0.4, 0.5) is 11.6 Å². The minimum atomic E-state index is -3.65. The molecule has 4 rings (SSSR count). The second kappa shape index (κ2) is 4.67. The van der Waals surface area contributed by atoms with Crippen molar-refractivity contribution in [1.82, 2.24) is 9.97 Å². The number of fused-ring (bicyclic) bond motifs is 2. The SMILES string of the molecule is O=S(=O)(c1ccccc1)N1CNc2nc3ccccc3nc21. The summed E-state index contributed by atoms with van der Waals surface area (Å²) in [5.41, 5.74) is 1.39. The van der Waals surface area contributed by atoms with Crippen molar-refractivity contribution in [2.45, 2.75) is 4.90 Å². The Labute approximate surface area is 127 Å². The van der Waals surface area contributed by atoms with E-state index in [-0.39, 0.29) is 11.6 Å². The van der Waals surface area contributed by atoms with Crippen LogP contribution in [0.2, 0.25) is 0 Å². The zero-order valence-corrected chi connectivity index (χ0v) is 12.3. The number of para-hydroxylation sites is 2. The molecule has 2 aromatic carbocycles. The zero-order chi connectivity index (χ0) is 15.2. The van der Waals surface area contributed by atoms with Crippen molar-refractivity contribution in [3.8, 4) is 0 Å². The summed E-state index contributed by atoms with van der Waals surface area (Å²) in [7, 11) is -3.65. The molecule has 1 aliphatic heterocycles. The van der Waals surface area contributed by atoms with Crippen LogP contribution in [-0.2, 0) is 10.0 Å². The number of aromatic nitrogens is 2. The van der Waals surface area contributed by atoms with E-state index in [4.69, 9.17) is 0 Å². The van der Waals surface area contributed by atoms with Crippen molar-refractivity contribution in [3.63, 3.8) is 0 Å². The third-order valence-electron chi connectivity index (χ3n) is 3.51. The van der Waals surface area contributed by atoms with E-state index >= 15 is 0 Å². The van der Waals surface area contributed by atoms with Crippen LogP contribution in [0.25, 0.3) is 11.0 Å². The van der Waals surface area contributed by atoms with Gasteiger partial charge in [-0.3, -0.25) is 0 Å². The number of hydrogen-bond acceptors (Lipinski definition) is 5. The lowest BCUT2D eigenvalue weighted by atomic mass is 10.3. The first-order valence-corrected chi connectivity index (χ1v) is 8.19. The second-order valence-corrected chi connectivity index (χ2v) is 6.75. The number of benzene rings is 2. The average molecular weight is 312 g/mol. The fraction of sp³-hybridized carbons (Fsp3) is 0.0667. The van der Waals surface area contributed by atoms with Gasteiger partial charge in [-0.05, 0) is 24.3 Å². The van der Waals surface area contributed by atoms with Gasteiger partial charge in [0, 0.05) is 0 Å². The van der Waals surface area contributed by atoms with E-state index in [9.17, 15) is 8.42 Å². The van der Waals surface area contributed by atoms with Crippen LogP contribution in [-0.4, -0.2) is 25.1 Å². The van der Waals surface area contributed by atoms with Crippen LogP contribution in [0, 0.1) is 0 Å². The molecule has 0 fully saturated rings. The second-order valence-electron chi connectivity index (χ2n) is 4.89. The van der Waals surface area contributed by atoms with Gasteiger partial charge in [0.25, 0.3) is 10.0 Å². The van der Waals surface area contributed by atoms with Crippen LogP contribution >= 0.6 is 0 Å². The molecule has 22 heavy (non-hydrogen) atoms. The summed E-state index contributed by atoms with van der Waals surface area (Å²) in [5, 5.41) is 2.99. The molecule has 6 nitrogen and oxygen atoms in total. The van der Waals surface area contributed by atoms with Crippen LogP contribution < -0.4 is 9.62 Å². The van der Waals surface area contributed by atoms with Gasteiger partial charge in [0.05, 0.1) is 15.9 Å². The fourth-order valence-electron chi connectivity index (χ4n) is 2.42. The van der Waals surface area contributed by atoms with Gasteiger partial charge in [-0.15, -0.1) is 0 Å². The number of hydrogen-bond donors (Lipinski definition) is 1. The summed E-state index contributed by atoms with van der Waals surface area (Å²) in [6.45, 7) is 0.128. The molecule has 0 unspecified atom stereocenters. The lowest BCUT2D eigenvalue weighted by Gasteiger charge is -2.17. The van der Waals surface area contributed by atoms with E-state index in [0.717, 1.165) is 5.52 Å². The molecule has 0 spiro atoms. The van der Waals surface area contributed by atoms with Gasteiger partial charge in [0.1, 0.15) is 6.67 Å². The Morgan fingerprint density at radius 3 is 2.27 bits per heavy atom. The Morgan fingerprint density at radius 2 is 1.55 bits per heavy atom. The Kier molecular flexibility index (Phi) is 2.77. The lowest BCUT2D eigenvalue weighted by molar-refractivity contribution is 0.592. The van der Waals surface area contributed by atoms with E-state index < -0.39 is 10.0 Å². The van der Waals surface area contributed by atoms with Gasteiger partial charge in [-0.2, -0.15) is 0 Å². The quantitative estimate of drug-likeness (QED) is 0.785. The summed E-state index contributed by atoms with van der Waals surface area (Å²) >= 11 is 0. The first kappa shape index (κ1) is 13.0. The third-order valence-corrected chi connectivity index (χ3v) is 5.26. The monoisotopic (exact) mass is 312 g/mol. The van der Waals surface area contributed by atoms with Crippen molar-refractivity contribution in [2.24, 2.45) is 0 Å². The predicted octanol–water partition coefficient (Wildman–Crippen LogP) is 2.21. The van der Waals surface area contributed by atoms with Gasteiger partial charge >= 0.3 is 0 Å². The number of nitrogens with one attached hydrogen (secondary N) is 1. The van der Waals surface area contributed by atoms with Crippen molar-refractivity contribution < 1.29 is 8.42 Å². The average Bonchev–Trinajstić information content (AvgIpc) is 2.97. The fourth-order valence-corrected chi connectivity index (χ4v) is 3.77. The highest BCUT2D eigenvalue weighted by atomic mass is 32.2. The lowest BCUT2D eigenvalue weighted by Crippen LogP contribution is -2.31. The van der Waals surface area contributed by atoms with Crippen molar-refractivity contribution in [2.75, 3.05) is 16.3 Å². The minimum Gasteiger partial charge on any atom is -0.348 e. The molecule has 0 radical (unpaired) electrons. The highest BCUT2D eigenvalue weighted by Crippen LogP contribution is 2.33. The van der Waals surface area contributed by atoms with Crippen molar-refractivity contribution in [1.29, 1.82) is 0 Å². The first-order chi connectivity index (χ1) is 10.7. The Bertz CT molecular complexity index is 958. The van der Waals surface area contributed by atoms with Gasteiger partial charge < -0.3 is 5.32 Å². The normalized spacial score (nSPS) is 13.9. The van der Waals surface area contributed by atoms with E-state index in [1.807, 2.05) is 24.3 Å². The first-order valence-electron chi connectivity index (χ1n) is 6.75. The van der Waals surface area contributed by atoms with E-state index in [0.29, 0.717) is 17.2 Å². The molecule has 0 bridgehead atoms.